The highest BCUT2D eigenvalue weighted by atomic mass is 32.1. The molecule has 0 saturated carbocycles. The van der Waals surface area contributed by atoms with Crippen molar-refractivity contribution >= 4 is 11.3 Å². The Kier molecular flexibility index (Phi) is 3.76. The second-order valence-electron chi connectivity index (χ2n) is 5.40. The fraction of sp³-hybridized carbons (Fsp3) is 0.438. The van der Waals surface area contributed by atoms with E-state index >= 15 is 0 Å². The predicted molar refractivity (Wildman–Crippen MR) is 82.2 cm³/mol. The van der Waals surface area contributed by atoms with Crippen LogP contribution in [0, 0.1) is 13.8 Å². The number of hydrogen-bond acceptors (Lipinski definition) is 4. The summed E-state index contributed by atoms with van der Waals surface area (Å²) in [6.45, 7) is 4.66. The number of hydrogen-bond donors (Lipinski definition) is 1. The Morgan fingerprint density at radius 2 is 2.25 bits per heavy atom. The highest BCUT2D eigenvalue weighted by Gasteiger charge is 2.17. The number of thiazole rings is 1. The van der Waals surface area contributed by atoms with Gasteiger partial charge in [0.25, 0.3) is 0 Å². The van der Waals surface area contributed by atoms with Gasteiger partial charge in [-0.15, -0.1) is 11.3 Å². The molecule has 106 valence electrons. The van der Waals surface area contributed by atoms with E-state index in [1.165, 1.54) is 22.4 Å². The van der Waals surface area contributed by atoms with Crippen LogP contribution in [0.4, 0.5) is 0 Å². The molecule has 1 unspecified atom stereocenters. The molecule has 2 aromatic rings. The van der Waals surface area contributed by atoms with Crippen molar-refractivity contribution in [3.63, 3.8) is 0 Å². The van der Waals surface area contributed by atoms with Crippen LogP contribution in [0.1, 0.15) is 45.6 Å². The third-order valence-corrected chi connectivity index (χ3v) is 4.96. The molecule has 3 rings (SSSR count). The highest BCUT2D eigenvalue weighted by molar-refractivity contribution is 7.11. The van der Waals surface area contributed by atoms with Crippen LogP contribution in [0.3, 0.4) is 0 Å². The summed E-state index contributed by atoms with van der Waals surface area (Å²) in [6, 6.07) is 6.46. The van der Waals surface area contributed by atoms with Crippen molar-refractivity contribution in [1.82, 2.24) is 4.98 Å². The Morgan fingerprint density at radius 1 is 1.40 bits per heavy atom. The zero-order chi connectivity index (χ0) is 14.1. The summed E-state index contributed by atoms with van der Waals surface area (Å²) in [5.41, 5.74) is 9.90. The molecule has 1 atom stereocenters. The highest BCUT2D eigenvalue weighted by Crippen LogP contribution is 2.31. The Bertz CT molecular complexity index is 601. The lowest BCUT2D eigenvalue weighted by atomic mass is 9.88. The number of aromatic nitrogens is 1. The number of aryl methyl sites for hydroxylation is 3. The molecule has 0 fully saturated rings. The molecular weight excluding hydrogens is 268 g/mol. The molecule has 1 aliphatic carbocycles. The summed E-state index contributed by atoms with van der Waals surface area (Å²) in [7, 11) is 0. The van der Waals surface area contributed by atoms with E-state index in [0.717, 1.165) is 29.3 Å². The molecule has 0 amide bonds. The first-order valence-electron chi connectivity index (χ1n) is 7.07. The molecule has 4 heteroatoms. The Balaban J connectivity index is 1.73. The van der Waals surface area contributed by atoms with Gasteiger partial charge in [-0.3, -0.25) is 0 Å². The number of benzene rings is 1. The van der Waals surface area contributed by atoms with Crippen molar-refractivity contribution in [3.8, 4) is 5.75 Å². The van der Waals surface area contributed by atoms with Crippen LogP contribution in [-0.2, 0) is 13.0 Å². The third kappa shape index (κ3) is 2.72. The largest absolute Gasteiger partial charge is 0.486 e. The fourth-order valence-electron chi connectivity index (χ4n) is 2.65. The fourth-order valence-corrected chi connectivity index (χ4v) is 3.50. The third-order valence-electron chi connectivity index (χ3n) is 3.91. The van der Waals surface area contributed by atoms with Crippen LogP contribution >= 0.6 is 11.3 Å². The molecular formula is C16H20N2OS. The molecule has 1 aromatic carbocycles. The molecule has 0 radical (unpaired) electrons. The molecule has 0 spiro atoms. The summed E-state index contributed by atoms with van der Waals surface area (Å²) in [4.78, 5) is 5.76. The van der Waals surface area contributed by atoms with Crippen molar-refractivity contribution in [2.45, 2.75) is 45.8 Å². The van der Waals surface area contributed by atoms with Gasteiger partial charge in [0.05, 0.1) is 5.69 Å². The SMILES string of the molecule is Cc1nc(COc2ccc3c(c2)C(N)CCC3)sc1C. The van der Waals surface area contributed by atoms with Crippen molar-refractivity contribution in [1.29, 1.82) is 0 Å². The second-order valence-corrected chi connectivity index (χ2v) is 6.68. The normalized spacial score (nSPS) is 17.9. The topological polar surface area (TPSA) is 48.1 Å². The van der Waals surface area contributed by atoms with Gasteiger partial charge in [-0.2, -0.15) is 0 Å². The van der Waals surface area contributed by atoms with Crippen LogP contribution in [0.5, 0.6) is 5.75 Å². The van der Waals surface area contributed by atoms with Crippen LogP contribution in [0.2, 0.25) is 0 Å². The van der Waals surface area contributed by atoms with Gasteiger partial charge >= 0.3 is 0 Å². The van der Waals surface area contributed by atoms with Crippen LogP contribution in [-0.4, -0.2) is 4.98 Å². The minimum absolute atomic E-state index is 0.159. The summed E-state index contributed by atoms with van der Waals surface area (Å²) in [5, 5.41) is 1.03. The number of nitrogens with two attached hydrogens (primary N) is 1. The predicted octanol–water partition coefficient (Wildman–Crippen LogP) is 3.68. The van der Waals surface area contributed by atoms with E-state index < -0.39 is 0 Å². The standard InChI is InChI=1S/C16H20N2OS/c1-10-11(2)20-16(18-10)9-19-13-7-6-12-4-3-5-15(17)14(12)8-13/h6-8,15H,3-5,9,17H2,1-2H3. The van der Waals surface area contributed by atoms with E-state index in [2.05, 4.69) is 24.0 Å². The number of nitrogens with zero attached hydrogens (tertiary/aromatic N) is 1. The van der Waals surface area contributed by atoms with Crippen molar-refractivity contribution < 1.29 is 4.74 Å². The molecule has 0 saturated heterocycles. The maximum absolute atomic E-state index is 6.18. The smallest absolute Gasteiger partial charge is 0.140 e. The van der Waals surface area contributed by atoms with E-state index in [1.807, 2.05) is 13.0 Å². The Morgan fingerprint density at radius 3 is 3.00 bits per heavy atom. The van der Waals surface area contributed by atoms with E-state index in [1.54, 1.807) is 11.3 Å². The molecule has 3 nitrogen and oxygen atoms in total. The maximum atomic E-state index is 6.18. The minimum Gasteiger partial charge on any atom is -0.486 e. The minimum atomic E-state index is 0.159. The summed E-state index contributed by atoms with van der Waals surface area (Å²) in [6.07, 6.45) is 3.39. The van der Waals surface area contributed by atoms with Crippen molar-refractivity contribution in [2.24, 2.45) is 5.73 Å². The molecule has 1 aliphatic rings. The summed E-state index contributed by atoms with van der Waals surface area (Å²) >= 11 is 1.70. The number of ether oxygens (including phenoxy) is 1. The molecule has 1 aromatic heterocycles. The zero-order valence-corrected chi connectivity index (χ0v) is 12.8. The molecule has 0 bridgehead atoms. The molecule has 20 heavy (non-hydrogen) atoms. The van der Waals surface area contributed by atoms with E-state index in [-0.39, 0.29) is 6.04 Å². The number of rotatable bonds is 3. The van der Waals surface area contributed by atoms with Gasteiger partial charge in [0.15, 0.2) is 0 Å². The van der Waals surface area contributed by atoms with Crippen LogP contribution < -0.4 is 10.5 Å². The summed E-state index contributed by atoms with van der Waals surface area (Å²) in [5.74, 6) is 0.895. The zero-order valence-electron chi connectivity index (χ0n) is 12.0. The van der Waals surface area contributed by atoms with Gasteiger partial charge in [-0.05, 0) is 56.4 Å². The Labute approximate surface area is 123 Å². The lowest BCUT2D eigenvalue weighted by Crippen LogP contribution is -2.17. The van der Waals surface area contributed by atoms with Gasteiger partial charge < -0.3 is 10.5 Å². The molecule has 1 heterocycles. The van der Waals surface area contributed by atoms with Crippen LogP contribution in [0.15, 0.2) is 18.2 Å². The van der Waals surface area contributed by atoms with Gasteiger partial charge in [-0.25, -0.2) is 4.98 Å². The first kappa shape index (κ1) is 13.6. The van der Waals surface area contributed by atoms with E-state index in [0.29, 0.717) is 6.61 Å². The van der Waals surface area contributed by atoms with E-state index in [9.17, 15) is 0 Å². The number of fused-ring (bicyclic) bond motifs is 1. The lowest BCUT2D eigenvalue weighted by Gasteiger charge is -2.22. The van der Waals surface area contributed by atoms with Crippen molar-refractivity contribution in [2.75, 3.05) is 0 Å². The van der Waals surface area contributed by atoms with Crippen molar-refractivity contribution in [3.05, 3.63) is 44.9 Å². The van der Waals surface area contributed by atoms with E-state index in [4.69, 9.17) is 10.5 Å². The van der Waals surface area contributed by atoms with Gasteiger partial charge in [0.1, 0.15) is 17.4 Å². The van der Waals surface area contributed by atoms with Gasteiger partial charge in [0.2, 0.25) is 0 Å². The Hall–Kier alpha value is -1.39. The maximum Gasteiger partial charge on any atom is 0.140 e. The summed E-state index contributed by atoms with van der Waals surface area (Å²) < 4.78 is 5.87. The first-order valence-corrected chi connectivity index (χ1v) is 7.89. The van der Waals surface area contributed by atoms with Gasteiger partial charge in [0, 0.05) is 10.9 Å². The van der Waals surface area contributed by atoms with Gasteiger partial charge in [-0.1, -0.05) is 6.07 Å². The average Bonchev–Trinajstić information content (AvgIpc) is 2.76. The average molecular weight is 288 g/mol. The molecule has 0 aliphatic heterocycles. The monoisotopic (exact) mass is 288 g/mol. The lowest BCUT2D eigenvalue weighted by molar-refractivity contribution is 0.304. The quantitative estimate of drug-likeness (QED) is 0.937. The molecule has 2 N–H and O–H groups in total. The van der Waals surface area contributed by atoms with Crippen LogP contribution in [0.25, 0.3) is 0 Å². The first-order chi connectivity index (χ1) is 9.63. The second kappa shape index (κ2) is 5.54.